The molecule has 0 amide bonds. The van der Waals surface area contributed by atoms with Gasteiger partial charge < -0.3 is 5.73 Å². The van der Waals surface area contributed by atoms with E-state index in [1.54, 1.807) is 0 Å². The summed E-state index contributed by atoms with van der Waals surface area (Å²) in [5, 5.41) is 0. The predicted molar refractivity (Wildman–Crippen MR) is 56.5 cm³/mol. The van der Waals surface area contributed by atoms with E-state index in [0.717, 1.165) is 15.6 Å². The lowest BCUT2D eigenvalue weighted by Gasteiger charge is -2.11. The highest BCUT2D eigenvalue weighted by Crippen LogP contribution is 2.21. The molecular formula is C10H12BrNO. The Bertz CT molecular complexity index is 336. The predicted octanol–water partition coefficient (Wildman–Crippen LogP) is 2.35. The minimum atomic E-state index is -0.502. The van der Waals surface area contributed by atoms with Crippen molar-refractivity contribution in [3.05, 3.63) is 33.8 Å². The maximum Gasteiger partial charge on any atom is 0.150 e. The van der Waals surface area contributed by atoms with Gasteiger partial charge in [-0.25, -0.2) is 0 Å². The van der Waals surface area contributed by atoms with Gasteiger partial charge in [0.2, 0.25) is 0 Å². The van der Waals surface area contributed by atoms with Gasteiger partial charge in [-0.3, -0.25) is 4.79 Å². The molecule has 0 spiro atoms. The first-order valence-electron chi connectivity index (χ1n) is 4.04. The number of rotatable bonds is 2. The summed E-state index contributed by atoms with van der Waals surface area (Å²) >= 11 is 3.35. The average Bonchev–Trinajstić information content (AvgIpc) is 2.08. The van der Waals surface area contributed by atoms with Crippen LogP contribution in [0.4, 0.5) is 0 Å². The Labute approximate surface area is 86.3 Å². The van der Waals surface area contributed by atoms with E-state index in [1.807, 2.05) is 25.1 Å². The highest BCUT2D eigenvalue weighted by Gasteiger charge is 2.13. The van der Waals surface area contributed by atoms with Crippen LogP contribution >= 0.6 is 15.9 Å². The van der Waals surface area contributed by atoms with Gasteiger partial charge in [0, 0.05) is 4.47 Å². The monoisotopic (exact) mass is 241 g/mol. The van der Waals surface area contributed by atoms with Crippen LogP contribution < -0.4 is 5.73 Å². The van der Waals surface area contributed by atoms with Crippen LogP contribution in [0.3, 0.4) is 0 Å². The number of hydrogen-bond donors (Lipinski definition) is 1. The zero-order chi connectivity index (χ0) is 10.0. The first-order chi connectivity index (χ1) is 6.02. The van der Waals surface area contributed by atoms with Crippen LogP contribution in [0.1, 0.15) is 24.1 Å². The van der Waals surface area contributed by atoms with E-state index in [9.17, 15) is 4.79 Å². The van der Waals surface area contributed by atoms with E-state index in [1.165, 1.54) is 6.92 Å². The van der Waals surface area contributed by atoms with Crippen LogP contribution in [0.5, 0.6) is 0 Å². The second-order valence-electron chi connectivity index (χ2n) is 3.09. The van der Waals surface area contributed by atoms with Crippen LogP contribution in [-0.4, -0.2) is 5.78 Å². The minimum absolute atomic E-state index is 0.0128. The number of carbonyl (C=O) groups is 1. The number of Topliss-reactive ketones (excluding diaryl/α,β-unsaturated/α-hetero) is 1. The maximum absolute atomic E-state index is 11.1. The van der Waals surface area contributed by atoms with Crippen LogP contribution in [0.25, 0.3) is 0 Å². The van der Waals surface area contributed by atoms with Crippen molar-refractivity contribution in [2.75, 3.05) is 0 Å². The SMILES string of the molecule is CC(=O)C(N)c1cc(Br)ccc1C. The summed E-state index contributed by atoms with van der Waals surface area (Å²) in [6.07, 6.45) is 0. The Morgan fingerprint density at radius 2 is 2.15 bits per heavy atom. The molecule has 3 heteroatoms. The molecule has 1 aromatic rings. The van der Waals surface area contributed by atoms with Gasteiger partial charge in [0.05, 0.1) is 6.04 Å². The Morgan fingerprint density at radius 3 is 2.69 bits per heavy atom. The summed E-state index contributed by atoms with van der Waals surface area (Å²) in [4.78, 5) is 11.1. The Kier molecular flexibility index (Phi) is 3.22. The molecule has 13 heavy (non-hydrogen) atoms. The molecule has 2 nitrogen and oxygen atoms in total. The largest absolute Gasteiger partial charge is 0.318 e. The van der Waals surface area contributed by atoms with Gasteiger partial charge in [0.25, 0.3) is 0 Å². The van der Waals surface area contributed by atoms with Crippen LogP contribution in [0.2, 0.25) is 0 Å². The molecule has 2 N–H and O–H groups in total. The first kappa shape index (κ1) is 10.4. The number of aryl methyl sites for hydroxylation is 1. The minimum Gasteiger partial charge on any atom is -0.318 e. The molecule has 0 bridgehead atoms. The summed E-state index contributed by atoms with van der Waals surface area (Å²) in [6.45, 7) is 3.45. The van der Waals surface area contributed by atoms with Gasteiger partial charge in [-0.2, -0.15) is 0 Å². The molecule has 0 aliphatic carbocycles. The summed E-state index contributed by atoms with van der Waals surface area (Å²) < 4.78 is 0.949. The van der Waals surface area contributed by atoms with E-state index >= 15 is 0 Å². The van der Waals surface area contributed by atoms with Crippen molar-refractivity contribution >= 4 is 21.7 Å². The first-order valence-corrected chi connectivity index (χ1v) is 4.83. The third kappa shape index (κ3) is 2.39. The zero-order valence-corrected chi connectivity index (χ0v) is 9.26. The van der Waals surface area contributed by atoms with Crippen molar-refractivity contribution in [1.29, 1.82) is 0 Å². The second-order valence-corrected chi connectivity index (χ2v) is 4.00. The Morgan fingerprint density at radius 1 is 1.54 bits per heavy atom. The zero-order valence-electron chi connectivity index (χ0n) is 7.67. The number of hydrogen-bond acceptors (Lipinski definition) is 2. The summed E-state index contributed by atoms with van der Waals surface area (Å²) in [7, 11) is 0. The topological polar surface area (TPSA) is 43.1 Å². The Hall–Kier alpha value is -0.670. The number of halogens is 1. The number of benzene rings is 1. The average molecular weight is 242 g/mol. The molecule has 1 rings (SSSR count). The number of nitrogens with two attached hydrogens (primary N) is 1. The molecule has 0 heterocycles. The quantitative estimate of drug-likeness (QED) is 0.864. The van der Waals surface area contributed by atoms with Crippen LogP contribution in [-0.2, 0) is 4.79 Å². The van der Waals surface area contributed by atoms with Gasteiger partial charge >= 0.3 is 0 Å². The molecule has 1 atom stereocenters. The number of ketones is 1. The molecule has 70 valence electrons. The lowest BCUT2D eigenvalue weighted by molar-refractivity contribution is -0.118. The molecule has 0 aromatic heterocycles. The van der Waals surface area contributed by atoms with E-state index in [2.05, 4.69) is 15.9 Å². The lowest BCUT2D eigenvalue weighted by atomic mass is 10.00. The second kappa shape index (κ2) is 4.03. The molecule has 0 aliphatic heterocycles. The van der Waals surface area contributed by atoms with Crippen LogP contribution in [0, 0.1) is 6.92 Å². The van der Waals surface area contributed by atoms with Gasteiger partial charge in [-0.05, 0) is 37.1 Å². The van der Waals surface area contributed by atoms with Crippen molar-refractivity contribution in [3.8, 4) is 0 Å². The Balaban J connectivity index is 3.12. The molecular weight excluding hydrogens is 230 g/mol. The van der Waals surface area contributed by atoms with E-state index in [-0.39, 0.29) is 5.78 Å². The van der Waals surface area contributed by atoms with E-state index in [4.69, 9.17) is 5.73 Å². The van der Waals surface area contributed by atoms with Crippen molar-refractivity contribution < 1.29 is 4.79 Å². The van der Waals surface area contributed by atoms with Gasteiger partial charge in [-0.1, -0.05) is 22.0 Å². The smallest absolute Gasteiger partial charge is 0.150 e. The van der Waals surface area contributed by atoms with Crippen molar-refractivity contribution in [3.63, 3.8) is 0 Å². The third-order valence-corrected chi connectivity index (χ3v) is 2.51. The van der Waals surface area contributed by atoms with Gasteiger partial charge in [0.15, 0.2) is 5.78 Å². The molecule has 0 radical (unpaired) electrons. The highest BCUT2D eigenvalue weighted by molar-refractivity contribution is 9.10. The molecule has 0 saturated heterocycles. The summed E-state index contributed by atoms with van der Waals surface area (Å²) in [5.41, 5.74) is 7.67. The molecule has 1 aromatic carbocycles. The highest BCUT2D eigenvalue weighted by atomic mass is 79.9. The van der Waals surface area contributed by atoms with Crippen molar-refractivity contribution in [1.82, 2.24) is 0 Å². The molecule has 0 aliphatic rings. The fourth-order valence-electron chi connectivity index (χ4n) is 1.17. The summed E-state index contributed by atoms with van der Waals surface area (Å²) in [6, 6.07) is 5.27. The van der Waals surface area contributed by atoms with E-state index < -0.39 is 6.04 Å². The van der Waals surface area contributed by atoms with Gasteiger partial charge in [0.1, 0.15) is 0 Å². The number of carbonyl (C=O) groups excluding carboxylic acids is 1. The standard InChI is InChI=1S/C10H12BrNO/c1-6-3-4-8(11)5-9(6)10(12)7(2)13/h3-5,10H,12H2,1-2H3. The van der Waals surface area contributed by atoms with E-state index in [0.29, 0.717) is 0 Å². The third-order valence-electron chi connectivity index (χ3n) is 2.01. The fraction of sp³-hybridized carbons (Fsp3) is 0.300. The maximum atomic E-state index is 11.1. The molecule has 0 fully saturated rings. The molecule has 0 saturated carbocycles. The van der Waals surface area contributed by atoms with Gasteiger partial charge in [-0.15, -0.1) is 0 Å². The fourth-order valence-corrected chi connectivity index (χ4v) is 1.54. The van der Waals surface area contributed by atoms with Crippen molar-refractivity contribution in [2.45, 2.75) is 19.9 Å². The van der Waals surface area contributed by atoms with Crippen LogP contribution in [0.15, 0.2) is 22.7 Å². The molecule has 1 unspecified atom stereocenters. The lowest BCUT2D eigenvalue weighted by Crippen LogP contribution is -2.19. The normalized spacial score (nSPS) is 12.6. The summed E-state index contributed by atoms with van der Waals surface area (Å²) in [5.74, 6) is -0.0128. The van der Waals surface area contributed by atoms with Crippen molar-refractivity contribution in [2.24, 2.45) is 5.73 Å².